The van der Waals surface area contributed by atoms with Gasteiger partial charge in [-0.25, -0.2) is 0 Å². The predicted molar refractivity (Wildman–Crippen MR) is 81.6 cm³/mol. The van der Waals surface area contributed by atoms with E-state index in [0.29, 0.717) is 17.7 Å². The Morgan fingerprint density at radius 1 is 1.05 bits per heavy atom. The Hall–Kier alpha value is -2.09. The van der Waals surface area contributed by atoms with Crippen molar-refractivity contribution in [2.45, 2.75) is 26.7 Å². The summed E-state index contributed by atoms with van der Waals surface area (Å²) in [5.74, 6) is 0.779. The van der Waals surface area contributed by atoms with Crippen LogP contribution in [0.3, 0.4) is 0 Å². The minimum atomic E-state index is 0.128. The van der Waals surface area contributed by atoms with Gasteiger partial charge in [0.2, 0.25) is 0 Å². The van der Waals surface area contributed by atoms with Crippen molar-refractivity contribution in [1.29, 1.82) is 0 Å². The van der Waals surface area contributed by atoms with Gasteiger partial charge in [-0.2, -0.15) is 0 Å². The van der Waals surface area contributed by atoms with Gasteiger partial charge >= 0.3 is 0 Å². The summed E-state index contributed by atoms with van der Waals surface area (Å²) in [6, 6.07) is 13.6. The molecule has 104 valence electrons. The normalized spacial score (nSPS) is 10.3. The fraction of sp³-hybridized carbons (Fsp3) is 0.278. The summed E-state index contributed by atoms with van der Waals surface area (Å²) in [6.45, 7) is 4.21. The number of carbonyl (C=O) groups is 1. The zero-order valence-corrected chi connectivity index (χ0v) is 12.3. The molecule has 0 N–H and O–H groups in total. The van der Waals surface area contributed by atoms with E-state index in [1.807, 2.05) is 30.3 Å². The lowest BCUT2D eigenvalue weighted by Crippen LogP contribution is -2.04. The van der Waals surface area contributed by atoms with E-state index in [9.17, 15) is 4.79 Å². The van der Waals surface area contributed by atoms with Gasteiger partial charge in [0.05, 0.1) is 12.7 Å². The summed E-state index contributed by atoms with van der Waals surface area (Å²) in [4.78, 5) is 12.3. The average Bonchev–Trinajstić information content (AvgIpc) is 2.48. The standard InChI is InChI=1S/C18H20O2/c1-13-7-6-8-15(14(13)2)11-12-17(19)16-9-4-5-10-18(16)20-3/h4-10H,11-12H2,1-3H3. The van der Waals surface area contributed by atoms with E-state index >= 15 is 0 Å². The molecule has 2 rings (SSSR count). The second-order valence-electron chi connectivity index (χ2n) is 4.98. The summed E-state index contributed by atoms with van der Waals surface area (Å²) in [7, 11) is 1.59. The number of benzene rings is 2. The highest BCUT2D eigenvalue weighted by molar-refractivity contribution is 5.98. The molecule has 0 saturated heterocycles. The third-order valence-electron chi connectivity index (χ3n) is 3.75. The molecule has 0 spiro atoms. The number of para-hydroxylation sites is 1. The fourth-order valence-electron chi connectivity index (χ4n) is 2.34. The SMILES string of the molecule is COc1ccccc1C(=O)CCc1cccc(C)c1C. The van der Waals surface area contributed by atoms with E-state index in [0.717, 1.165) is 6.42 Å². The van der Waals surface area contributed by atoms with E-state index in [2.05, 4.69) is 26.0 Å². The number of hydrogen-bond donors (Lipinski definition) is 0. The number of hydrogen-bond acceptors (Lipinski definition) is 2. The zero-order valence-electron chi connectivity index (χ0n) is 12.3. The van der Waals surface area contributed by atoms with Crippen LogP contribution in [-0.4, -0.2) is 12.9 Å². The van der Waals surface area contributed by atoms with Crippen LogP contribution < -0.4 is 4.74 Å². The molecule has 0 heterocycles. The van der Waals surface area contributed by atoms with Crippen molar-refractivity contribution in [2.75, 3.05) is 7.11 Å². The third kappa shape index (κ3) is 3.08. The monoisotopic (exact) mass is 268 g/mol. The summed E-state index contributed by atoms with van der Waals surface area (Å²) >= 11 is 0. The molecule has 0 amide bonds. The quantitative estimate of drug-likeness (QED) is 0.762. The van der Waals surface area contributed by atoms with Crippen LogP contribution in [0, 0.1) is 13.8 Å². The van der Waals surface area contributed by atoms with Gasteiger partial charge in [-0.3, -0.25) is 4.79 Å². The van der Waals surface area contributed by atoms with Gasteiger partial charge in [0.15, 0.2) is 5.78 Å². The molecule has 0 aliphatic carbocycles. The molecule has 0 radical (unpaired) electrons. The largest absolute Gasteiger partial charge is 0.496 e. The lowest BCUT2D eigenvalue weighted by molar-refractivity contribution is 0.0980. The van der Waals surface area contributed by atoms with Gasteiger partial charge in [0, 0.05) is 6.42 Å². The summed E-state index contributed by atoms with van der Waals surface area (Å²) in [6.07, 6.45) is 1.27. The van der Waals surface area contributed by atoms with Crippen LogP contribution in [0.25, 0.3) is 0 Å². The first-order chi connectivity index (χ1) is 9.63. The molecule has 2 heteroatoms. The Balaban J connectivity index is 2.11. The number of methoxy groups -OCH3 is 1. The van der Waals surface area contributed by atoms with Crippen LogP contribution in [0.1, 0.15) is 33.5 Å². The van der Waals surface area contributed by atoms with Crippen LogP contribution in [-0.2, 0) is 6.42 Å². The fourth-order valence-corrected chi connectivity index (χ4v) is 2.34. The van der Waals surface area contributed by atoms with Crippen molar-refractivity contribution in [3.63, 3.8) is 0 Å². The topological polar surface area (TPSA) is 26.3 Å². The molecular weight excluding hydrogens is 248 g/mol. The molecule has 0 unspecified atom stereocenters. The Morgan fingerprint density at radius 3 is 2.55 bits per heavy atom. The van der Waals surface area contributed by atoms with Crippen LogP contribution in [0.15, 0.2) is 42.5 Å². The number of aryl methyl sites for hydroxylation is 2. The van der Waals surface area contributed by atoms with Crippen molar-refractivity contribution < 1.29 is 9.53 Å². The molecule has 2 aromatic rings. The summed E-state index contributed by atoms with van der Waals surface area (Å²) in [5.41, 5.74) is 4.46. The molecule has 0 bridgehead atoms. The molecule has 0 atom stereocenters. The highest BCUT2D eigenvalue weighted by Gasteiger charge is 2.12. The molecule has 2 nitrogen and oxygen atoms in total. The second kappa shape index (κ2) is 6.38. The van der Waals surface area contributed by atoms with Gasteiger partial charge in [-0.05, 0) is 49.1 Å². The van der Waals surface area contributed by atoms with Gasteiger partial charge in [-0.1, -0.05) is 30.3 Å². The Morgan fingerprint density at radius 2 is 1.80 bits per heavy atom. The smallest absolute Gasteiger partial charge is 0.166 e. The zero-order chi connectivity index (χ0) is 14.5. The van der Waals surface area contributed by atoms with Gasteiger partial charge < -0.3 is 4.74 Å². The Kier molecular flexibility index (Phi) is 4.57. The number of rotatable bonds is 5. The Labute approximate surface area is 120 Å². The minimum absolute atomic E-state index is 0.128. The molecular formula is C18H20O2. The van der Waals surface area contributed by atoms with Crippen LogP contribution in [0.5, 0.6) is 5.75 Å². The first-order valence-corrected chi connectivity index (χ1v) is 6.84. The number of ether oxygens (including phenoxy) is 1. The summed E-state index contributed by atoms with van der Waals surface area (Å²) in [5, 5.41) is 0. The molecule has 20 heavy (non-hydrogen) atoms. The lowest BCUT2D eigenvalue weighted by atomic mass is 9.97. The highest BCUT2D eigenvalue weighted by atomic mass is 16.5. The van der Waals surface area contributed by atoms with Crippen molar-refractivity contribution in [2.24, 2.45) is 0 Å². The van der Waals surface area contributed by atoms with E-state index in [1.165, 1.54) is 16.7 Å². The van der Waals surface area contributed by atoms with Crippen molar-refractivity contribution in [1.82, 2.24) is 0 Å². The van der Waals surface area contributed by atoms with Crippen molar-refractivity contribution in [3.8, 4) is 5.75 Å². The molecule has 2 aromatic carbocycles. The van der Waals surface area contributed by atoms with Gasteiger partial charge in [-0.15, -0.1) is 0 Å². The maximum absolute atomic E-state index is 12.3. The number of carbonyl (C=O) groups excluding carboxylic acids is 1. The number of Topliss-reactive ketones (excluding diaryl/α,β-unsaturated/α-hetero) is 1. The minimum Gasteiger partial charge on any atom is -0.496 e. The maximum Gasteiger partial charge on any atom is 0.166 e. The summed E-state index contributed by atoms with van der Waals surface area (Å²) < 4.78 is 5.24. The lowest BCUT2D eigenvalue weighted by Gasteiger charge is -2.09. The van der Waals surface area contributed by atoms with Crippen molar-refractivity contribution >= 4 is 5.78 Å². The number of ketones is 1. The molecule has 0 saturated carbocycles. The van der Waals surface area contributed by atoms with E-state index in [4.69, 9.17) is 4.74 Å². The predicted octanol–water partition coefficient (Wildman–Crippen LogP) is 4.13. The van der Waals surface area contributed by atoms with E-state index in [-0.39, 0.29) is 5.78 Å². The first-order valence-electron chi connectivity index (χ1n) is 6.84. The molecule has 0 fully saturated rings. The maximum atomic E-state index is 12.3. The third-order valence-corrected chi connectivity index (χ3v) is 3.75. The first kappa shape index (κ1) is 14.3. The van der Waals surface area contributed by atoms with Gasteiger partial charge in [0.25, 0.3) is 0 Å². The molecule has 0 aliphatic rings. The van der Waals surface area contributed by atoms with Crippen molar-refractivity contribution in [3.05, 3.63) is 64.7 Å². The van der Waals surface area contributed by atoms with Crippen LogP contribution in [0.4, 0.5) is 0 Å². The molecule has 0 aromatic heterocycles. The Bertz CT molecular complexity index is 615. The second-order valence-corrected chi connectivity index (χ2v) is 4.98. The van der Waals surface area contributed by atoms with Gasteiger partial charge in [0.1, 0.15) is 5.75 Å². The van der Waals surface area contributed by atoms with Crippen LogP contribution in [0.2, 0.25) is 0 Å². The molecule has 0 aliphatic heterocycles. The average molecular weight is 268 g/mol. The van der Waals surface area contributed by atoms with E-state index in [1.54, 1.807) is 7.11 Å². The van der Waals surface area contributed by atoms with E-state index < -0.39 is 0 Å². The highest BCUT2D eigenvalue weighted by Crippen LogP contribution is 2.21. The van der Waals surface area contributed by atoms with Crippen LogP contribution >= 0.6 is 0 Å².